The first-order valence-corrected chi connectivity index (χ1v) is 11.5. The van der Waals surface area contributed by atoms with Gasteiger partial charge in [-0.3, -0.25) is 14.6 Å². The van der Waals surface area contributed by atoms with Crippen LogP contribution in [0.5, 0.6) is 0 Å². The predicted octanol–water partition coefficient (Wildman–Crippen LogP) is 3.28. The van der Waals surface area contributed by atoms with Gasteiger partial charge in [-0.2, -0.15) is 5.10 Å². The molecule has 0 spiro atoms. The molecule has 2 aromatic heterocycles. The molecule has 0 bridgehead atoms. The highest BCUT2D eigenvalue weighted by molar-refractivity contribution is 7.92. The highest BCUT2D eigenvalue weighted by Crippen LogP contribution is 2.46. The number of likely N-dealkylation sites (tertiary alicyclic amines) is 1. The van der Waals surface area contributed by atoms with Gasteiger partial charge in [0, 0.05) is 55.7 Å². The summed E-state index contributed by atoms with van der Waals surface area (Å²) in [5, 5.41) is 4.05. The summed E-state index contributed by atoms with van der Waals surface area (Å²) in [7, 11) is -3.29. The highest BCUT2D eigenvalue weighted by atomic mass is 32.2. The average molecular weight is 409 g/mol. The van der Waals surface area contributed by atoms with Crippen LogP contribution < -0.4 is 0 Å². The largest absolute Gasteiger partial charge is 0.297 e. The van der Waals surface area contributed by atoms with E-state index >= 15 is 0 Å². The molecule has 0 radical (unpaired) electrons. The first-order valence-electron chi connectivity index (χ1n) is 9.97. The lowest BCUT2D eigenvalue weighted by atomic mass is 9.95. The summed E-state index contributed by atoms with van der Waals surface area (Å²) in [6.07, 6.45) is 7.50. The summed E-state index contributed by atoms with van der Waals surface area (Å²) in [4.78, 5) is 6.94. The molecule has 1 fully saturated rings. The summed E-state index contributed by atoms with van der Waals surface area (Å²) >= 11 is 0. The lowest BCUT2D eigenvalue weighted by Crippen LogP contribution is -2.25. The summed E-state index contributed by atoms with van der Waals surface area (Å²) in [5.74, 6) is 0.0202. The average Bonchev–Trinajstić information content (AvgIpc) is 3.40. The molecule has 0 saturated carbocycles. The van der Waals surface area contributed by atoms with Crippen molar-refractivity contribution >= 4 is 9.84 Å². The van der Waals surface area contributed by atoms with E-state index in [-0.39, 0.29) is 11.2 Å². The number of nitrogens with zero attached hydrogens (tertiary/aromatic N) is 4. The molecule has 0 aliphatic carbocycles. The van der Waals surface area contributed by atoms with Crippen molar-refractivity contribution in [3.63, 3.8) is 0 Å². The second kappa shape index (κ2) is 6.78. The highest BCUT2D eigenvalue weighted by Gasteiger charge is 2.50. The lowest BCUT2D eigenvalue weighted by Gasteiger charge is -2.16. The normalized spacial score (nSPS) is 22.7. The summed E-state index contributed by atoms with van der Waals surface area (Å²) in [6, 6.07) is 9.95. The van der Waals surface area contributed by atoms with Crippen molar-refractivity contribution in [2.75, 3.05) is 13.1 Å². The van der Waals surface area contributed by atoms with Gasteiger partial charge in [-0.05, 0) is 48.7 Å². The van der Waals surface area contributed by atoms with Crippen LogP contribution in [-0.2, 0) is 16.4 Å². The minimum Gasteiger partial charge on any atom is -0.297 e. The van der Waals surface area contributed by atoms with E-state index in [2.05, 4.69) is 41.1 Å². The molecule has 0 N–H and O–H groups in total. The van der Waals surface area contributed by atoms with Gasteiger partial charge in [-0.25, -0.2) is 8.42 Å². The van der Waals surface area contributed by atoms with Crippen LogP contribution in [0.4, 0.5) is 0 Å². The van der Waals surface area contributed by atoms with Crippen molar-refractivity contribution in [2.24, 2.45) is 0 Å². The molecule has 2 aliphatic rings. The molecule has 2 atom stereocenters. The fourth-order valence-electron chi connectivity index (χ4n) is 4.57. The van der Waals surface area contributed by atoms with Crippen molar-refractivity contribution < 1.29 is 8.42 Å². The van der Waals surface area contributed by atoms with Crippen LogP contribution in [0.3, 0.4) is 0 Å². The SMILES string of the molecule is CC(C)n1cc(CN2C[C@@H]3[C@@H](C2)c2cc(-c4cccnc4)ccc2S3(=O)=O)cn1. The Hall–Kier alpha value is -2.51. The van der Waals surface area contributed by atoms with Gasteiger partial charge in [0.05, 0.1) is 16.3 Å². The predicted molar refractivity (Wildman–Crippen MR) is 111 cm³/mol. The molecule has 3 aromatic rings. The molecule has 29 heavy (non-hydrogen) atoms. The number of benzene rings is 1. The quantitative estimate of drug-likeness (QED) is 0.663. The van der Waals surface area contributed by atoms with Crippen molar-refractivity contribution in [1.82, 2.24) is 19.7 Å². The number of sulfone groups is 1. The maximum atomic E-state index is 13.1. The van der Waals surface area contributed by atoms with Gasteiger partial charge >= 0.3 is 0 Å². The summed E-state index contributed by atoms with van der Waals surface area (Å²) < 4.78 is 28.2. The number of hydrogen-bond acceptors (Lipinski definition) is 5. The molecule has 0 unspecified atom stereocenters. The fraction of sp³-hybridized carbons (Fsp3) is 0.364. The Morgan fingerprint density at radius 1 is 1.14 bits per heavy atom. The van der Waals surface area contributed by atoms with E-state index in [1.807, 2.05) is 35.3 Å². The number of fused-ring (bicyclic) bond motifs is 3. The molecule has 5 rings (SSSR count). The van der Waals surface area contributed by atoms with Gasteiger partial charge in [0.1, 0.15) is 0 Å². The van der Waals surface area contributed by atoms with Gasteiger partial charge < -0.3 is 0 Å². The van der Waals surface area contributed by atoms with Crippen LogP contribution in [0.25, 0.3) is 11.1 Å². The van der Waals surface area contributed by atoms with E-state index in [9.17, 15) is 8.42 Å². The first-order chi connectivity index (χ1) is 13.9. The monoisotopic (exact) mass is 408 g/mol. The number of hydrogen-bond donors (Lipinski definition) is 0. The van der Waals surface area contributed by atoms with Crippen molar-refractivity contribution in [1.29, 1.82) is 0 Å². The van der Waals surface area contributed by atoms with E-state index in [1.54, 1.807) is 12.3 Å². The van der Waals surface area contributed by atoms with Crippen LogP contribution in [0.1, 0.15) is 36.9 Å². The lowest BCUT2D eigenvalue weighted by molar-refractivity contribution is 0.325. The Morgan fingerprint density at radius 2 is 2.00 bits per heavy atom. The van der Waals surface area contributed by atoms with Crippen molar-refractivity contribution in [3.8, 4) is 11.1 Å². The summed E-state index contributed by atoms with van der Waals surface area (Å²) in [6.45, 7) is 6.24. The van der Waals surface area contributed by atoms with Crippen LogP contribution in [0.2, 0.25) is 0 Å². The molecule has 150 valence electrons. The maximum Gasteiger partial charge on any atom is 0.183 e. The zero-order valence-electron chi connectivity index (χ0n) is 16.6. The van der Waals surface area contributed by atoms with Gasteiger partial charge in [0.2, 0.25) is 0 Å². The third-order valence-electron chi connectivity index (χ3n) is 6.04. The molecular formula is C22H24N4O2S. The van der Waals surface area contributed by atoms with Gasteiger partial charge in [-0.1, -0.05) is 12.1 Å². The molecule has 4 heterocycles. The van der Waals surface area contributed by atoms with Crippen LogP contribution >= 0.6 is 0 Å². The van der Waals surface area contributed by atoms with Gasteiger partial charge in [-0.15, -0.1) is 0 Å². The zero-order chi connectivity index (χ0) is 20.2. The minimum absolute atomic E-state index is 0.0202. The number of aromatic nitrogens is 3. The first kappa shape index (κ1) is 18.5. The Labute approximate surface area is 171 Å². The zero-order valence-corrected chi connectivity index (χ0v) is 17.4. The topological polar surface area (TPSA) is 68.1 Å². The second-order valence-corrected chi connectivity index (χ2v) is 10.4. The van der Waals surface area contributed by atoms with E-state index < -0.39 is 9.84 Å². The third-order valence-corrected chi connectivity index (χ3v) is 8.30. The molecule has 6 nitrogen and oxygen atoms in total. The third kappa shape index (κ3) is 3.09. The minimum atomic E-state index is -3.29. The molecule has 0 amide bonds. The van der Waals surface area contributed by atoms with Crippen LogP contribution in [0, 0.1) is 0 Å². The Bertz CT molecular complexity index is 1150. The Balaban J connectivity index is 1.43. The second-order valence-electron chi connectivity index (χ2n) is 8.30. The molecule has 1 aromatic carbocycles. The van der Waals surface area contributed by atoms with Crippen LogP contribution in [0.15, 0.2) is 60.0 Å². The van der Waals surface area contributed by atoms with Crippen molar-refractivity contribution in [2.45, 2.75) is 42.5 Å². The van der Waals surface area contributed by atoms with Crippen molar-refractivity contribution in [3.05, 3.63) is 66.2 Å². The molecule has 1 saturated heterocycles. The van der Waals surface area contributed by atoms with E-state index in [0.29, 0.717) is 17.5 Å². The number of rotatable bonds is 4. The smallest absolute Gasteiger partial charge is 0.183 e. The number of pyridine rings is 1. The van der Waals surface area contributed by atoms with E-state index in [0.717, 1.165) is 35.3 Å². The fourth-order valence-corrected chi connectivity index (χ4v) is 6.76. The maximum absolute atomic E-state index is 13.1. The molecular weight excluding hydrogens is 384 g/mol. The Kier molecular flexibility index (Phi) is 4.33. The molecule has 2 aliphatic heterocycles. The molecule has 7 heteroatoms. The Morgan fingerprint density at radius 3 is 2.72 bits per heavy atom. The van der Waals surface area contributed by atoms with E-state index in [4.69, 9.17) is 0 Å². The van der Waals surface area contributed by atoms with Gasteiger partial charge in [0.15, 0.2) is 9.84 Å². The van der Waals surface area contributed by atoms with Crippen LogP contribution in [-0.4, -0.2) is 46.4 Å². The van der Waals surface area contributed by atoms with E-state index in [1.165, 1.54) is 0 Å². The van der Waals surface area contributed by atoms with Gasteiger partial charge in [0.25, 0.3) is 0 Å². The standard InChI is InChI=1S/C22H24N4O2S/c1-15(2)26-12-16(9-24-26)11-25-13-20-19-8-17(18-4-3-7-23-10-18)5-6-21(19)29(27,28)22(20)14-25/h3-10,12,15,20,22H,11,13-14H2,1-2H3/t20-,22+/m0/s1. The summed E-state index contributed by atoms with van der Waals surface area (Å²) in [5.41, 5.74) is 4.11.